The monoisotopic (exact) mass is 322 g/mol. The second kappa shape index (κ2) is 6.82. The van der Waals surface area contributed by atoms with Gasteiger partial charge in [0, 0.05) is 18.1 Å². The highest BCUT2D eigenvalue weighted by Crippen LogP contribution is 2.11. The third kappa shape index (κ3) is 3.52. The van der Waals surface area contributed by atoms with E-state index in [2.05, 4.69) is 20.3 Å². The summed E-state index contributed by atoms with van der Waals surface area (Å²) in [5, 5.41) is 2.64. The van der Waals surface area contributed by atoms with E-state index in [4.69, 9.17) is 4.74 Å². The van der Waals surface area contributed by atoms with Crippen molar-refractivity contribution >= 4 is 28.6 Å². The quantitative estimate of drug-likeness (QED) is 0.740. The van der Waals surface area contributed by atoms with Crippen molar-refractivity contribution in [1.82, 2.24) is 15.0 Å². The molecule has 0 radical (unpaired) electrons. The van der Waals surface area contributed by atoms with Gasteiger partial charge >= 0.3 is 5.97 Å². The van der Waals surface area contributed by atoms with E-state index < -0.39 is 18.0 Å². The zero-order valence-electron chi connectivity index (χ0n) is 12.8. The van der Waals surface area contributed by atoms with Crippen molar-refractivity contribution in [3.05, 3.63) is 60.7 Å². The molecule has 0 bridgehead atoms. The number of pyridine rings is 1. The first-order chi connectivity index (χ1) is 11.6. The zero-order chi connectivity index (χ0) is 16.9. The molecular weight excluding hydrogens is 308 g/mol. The lowest BCUT2D eigenvalue weighted by Crippen LogP contribution is -2.30. The van der Waals surface area contributed by atoms with Crippen LogP contribution in [0, 0.1) is 0 Å². The summed E-state index contributed by atoms with van der Waals surface area (Å²) in [5.74, 6) is -1.14. The Hall–Kier alpha value is -3.35. The Morgan fingerprint density at radius 3 is 2.54 bits per heavy atom. The van der Waals surface area contributed by atoms with E-state index in [-0.39, 0.29) is 5.69 Å². The molecule has 120 valence electrons. The number of esters is 1. The molecule has 2 aromatic heterocycles. The maximum Gasteiger partial charge on any atom is 0.359 e. The van der Waals surface area contributed by atoms with Crippen molar-refractivity contribution in [1.29, 1.82) is 0 Å². The van der Waals surface area contributed by atoms with Gasteiger partial charge in [-0.15, -0.1) is 0 Å². The maximum atomic E-state index is 12.1. The third-order valence-electron chi connectivity index (χ3n) is 3.26. The highest BCUT2D eigenvalue weighted by Gasteiger charge is 2.20. The van der Waals surface area contributed by atoms with Crippen LogP contribution in [0.25, 0.3) is 11.0 Å². The minimum atomic E-state index is -0.973. The molecule has 1 N–H and O–H groups in total. The lowest BCUT2D eigenvalue weighted by molar-refractivity contribution is -0.123. The minimum absolute atomic E-state index is 0.0530. The lowest BCUT2D eigenvalue weighted by Gasteiger charge is -2.13. The Labute approximate surface area is 137 Å². The van der Waals surface area contributed by atoms with Crippen LogP contribution in [0.2, 0.25) is 0 Å². The molecule has 0 saturated heterocycles. The van der Waals surface area contributed by atoms with Gasteiger partial charge in [0.25, 0.3) is 5.91 Å². The van der Waals surface area contributed by atoms with Gasteiger partial charge in [0.1, 0.15) is 0 Å². The highest BCUT2D eigenvalue weighted by molar-refractivity contribution is 5.97. The van der Waals surface area contributed by atoms with Crippen molar-refractivity contribution in [2.24, 2.45) is 0 Å². The number of fused-ring (bicyclic) bond motifs is 1. The van der Waals surface area contributed by atoms with Gasteiger partial charge in [0.2, 0.25) is 0 Å². The normalized spacial score (nSPS) is 11.7. The largest absolute Gasteiger partial charge is 0.448 e. The van der Waals surface area contributed by atoms with Crippen molar-refractivity contribution in [3.8, 4) is 0 Å². The minimum Gasteiger partial charge on any atom is -0.448 e. The van der Waals surface area contributed by atoms with Gasteiger partial charge in [-0.2, -0.15) is 0 Å². The predicted molar refractivity (Wildman–Crippen MR) is 87.3 cm³/mol. The molecule has 1 atom stereocenters. The number of carbonyl (C=O) groups is 2. The van der Waals surface area contributed by atoms with Gasteiger partial charge in [0.15, 0.2) is 11.8 Å². The summed E-state index contributed by atoms with van der Waals surface area (Å²) >= 11 is 0. The molecule has 0 fully saturated rings. The van der Waals surface area contributed by atoms with Crippen LogP contribution >= 0.6 is 0 Å². The van der Waals surface area contributed by atoms with E-state index in [9.17, 15) is 9.59 Å². The number of ether oxygens (including phenoxy) is 1. The predicted octanol–water partition coefficient (Wildman–Crippen LogP) is 2.21. The van der Waals surface area contributed by atoms with E-state index in [1.54, 1.807) is 42.7 Å². The number of amides is 1. The fraction of sp³-hybridized carbons (Fsp3) is 0.118. The van der Waals surface area contributed by atoms with E-state index in [0.29, 0.717) is 16.7 Å². The van der Waals surface area contributed by atoms with Crippen molar-refractivity contribution in [2.45, 2.75) is 13.0 Å². The number of hydrogen-bond acceptors (Lipinski definition) is 6. The van der Waals surface area contributed by atoms with Crippen LogP contribution in [0.3, 0.4) is 0 Å². The highest BCUT2D eigenvalue weighted by atomic mass is 16.5. The van der Waals surface area contributed by atoms with Gasteiger partial charge < -0.3 is 10.1 Å². The fourth-order valence-electron chi connectivity index (χ4n) is 2.01. The summed E-state index contributed by atoms with van der Waals surface area (Å²) in [6, 6.07) is 10.5. The molecule has 0 aliphatic heterocycles. The Morgan fingerprint density at radius 1 is 1.08 bits per heavy atom. The summed E-state index contributed by atoms with van der Waals surface area (Å²) < 4.78 is 5.15. The summed E-state index contributed by atoms with van der Waals surface area (Å²) in [6.45, 7) is 1.49. The molecule has 1 aromatic carbocycles. The SMILES string of the molecule is CC(OC(=O)c1cnc2ccccc2n1)C(=O)Nc1ccncc1. The van der Waals surface area contributed by atoms with Crippen LogP contribution in [0.5, 0.6) is 0 Å². The molecule has 2 heterocycles. The van der Waals surface area contributed by atoms with Gasteiger partial charge in [-0.25, -0.2) is 9.78 Å². The molecule has 1 unspecified atom stereocenters. The summed E-state index contributed by atoms with van der Waals surface area (Å²) in [7, 11) is 0. The third-order valence-corrected chi connectivity index (χ3v) is 3.26. The molecule has 3 rings (SSSR count). The van der Waals surface area contributed by atoms with Crippen LogP contribution < -0.4 is 5.32 Å². The van der Waals surface area contributed by atoms with Crippen LogP contribution in [-0.4, -0.2) is 32.9 Å². The van der Waals surface area contributed by atoms with E-state index in [0.717, 1.165) is 0 Å². The molecule has 1 amide bonds. The van der Waals surface area contributed by atoms with E-state index in [1.165, 1.54) is 13.1 Å². The Kier molecular flexibility index (Phi) is 4.42. The molecule has 0 aliphatic rings. The Morgan fingerprint density at radius 2 is 1.79 bits per heavy atom. The molecule has 0 spiro atoms. The number of aromatic nitrogens is 3. The summed E-state index contributed by atoms with van der Waals surface area (Å²) in [4.78, 5) is 36.4. The average Bonchev–Trinajstić information content (AvgIpc) is 2.62. The lowest BCUT2D eigenvalue weighted by atomic mass is 10.3. The Balaban J connectivity index is 1.67. The molecule has 7 nitrogen and oxygen atoms in total. The summed E-state index contributed by atoms with van der Waals surface area (Å²) in [6.07, 6.45) is 3.46. The zero-order valence-corrected chi connectivity index (χ0v) is 12.8. The van der Waals surface area contributed by atoms with Crippen LogP contribution in [0.4, 0.5) is 5.69 Å². The first-order valence-corrected chi connectivity index (χ1v) is 7.27. The standard InChI is InChI=1S/C17H14N4O3/c1-11(16(22)20-12-6-8-18-9-7-12)24-17(23)15-10-19-13-4-2-3-5-14(13)21-15/h2-11H,1H3,(H,18,20,22). The number of para-hydroxylation sites is 2. The molecule has 3 aromatic rings. The van der Waals surface area contributed by atoms with Gasteiger partial charge in [-0.05, 0) is 31.2 Å². The smallest absolute Gasteiger partial charge is 0.359 e. The molecule has 0 aliphatic carbocycles. The fourth-order valence-corrected chi connectivity index (χ4v) is 2.01. The number of nitrogens with one attached hydrogen (secondary N) is 1. The van der Waals surface area contributed by atoms with Crippen molar-refractivity contribution in [2.75, 3.05) is 5.32 Å². The first kappa shape index (κ1) is 15.5. The Bertz CT molecular complexity index is 883. The number of rotatable bonds is 4. The number of benzene rings is 1. The first-order valence-electron chi connectivity index (χ1n) is 7.27. The second-order valence-corrected chi connectivity index (χ2v) is 5.02. The van der Waals surface area contributed by atoms with Crippen molar-refractivity contribution in [3.63, 3.8) is 0 Å². The van der Waals surface area contributed by atoms with Crippen LogP contribution in [0.15, 0.2) is 55.0 Å². The van der Waals surface area contributed by atoms with Gasteiger partial charge in [-0.1, -0.05) is 12.1 Å². The molecule has 0 saturated carbocycles. The van der Waals surface area contributed by atoms with Crippen LogP contribution in [-0.2, 0) is 9.53 Å². The molecule has 7 heteroatoms. The van der Waals surface area contributed by atoms with Crippen molar-refractivity contribution < 1.29 is 14.3 Å². The van der Waals surface area contributed by atoms with E-state index in [1.807, 2.05) is 6.07 Å². The van der Waals surface area contributed by atoms with Gasteiger partial charge in [-0.3, -0.25) is 14.8 Å². The number of nitrogens with zero attached hydrogens (tertiary/aromatic N) is 3. The topological polar surface area (TPSA) is 94.1 Å². The van der Waals surface area contributed by atoms with E-state index >= 15 is 0 Å². The second-order valence-electron chi connectivity index (χ2n) is 5.02. The number of hydrogen-bond donors (Lipinski definition) is 1. The number of anilines is 1. The molecular formula is C17H14N4O3. The molecule has 24 heavy (non-hydrogen) atoms. The number of carbonyl (C=O) groups excluding carboxylic acids is 2. The van der Waals surface area contributed by atoms with Crippen LogP contribution in [0.1, 0.15) is 17.4 Å². The average molecular weight is 322 g/mol. The summed E-state index contributed by atoms with van der Waals surface area (Å²) in [5.41, 5.74) is 1.89. The van der Waals surface area contributed by atoms with Gasteiger partial charge in [0.05, 0.1) is 17.2 Å². The maximum absolute atomic E-state index is 12.1.